The van der Waals surface area contributed by atoms with E-state index >= 15 is 0 Å². The van der Waals surface area contributed by atoms with Crippen LogP contribution < -0.4 is 5.32 Å². The molecule has 2 nitrogen and oxygen atoms in total. The Kier molecular flexibility index (Phi) is 3.91. The molecule has 1 fully saturated rings. The van der Waals surface area contributed by atoms with Gasteiger partial charge in [-0.15, -0.1) is 0 Å². The molecule has 13 heavy (non-hydrogen) atoms. The molecular formula is C11H21NO. The van der Waals surface area contributed by atoms with Gasteiger partial charge < -0.3 is 5.32 Å². The van der Waals surface area contributed by atoms with Crippen LogP contribution in [0.4, 0.5) is 0 Å². The van der Waals surface area contributed by atoms with E-state index in [1.807, 2.05) is 6.92 Å². The van der Waals surface area contributed by atoms with Crippen molar-refractivity contribution in [3.8, 4) is 0 Å². The molecule has 0 spiro atoms. The summed E-state index contributed by atoms with van der Waals surface area (Å²) in [5, 5.41) is 3.32. The third-order valence-electron chi connectivity index (χ3n) is 3.24. The van der Waals surface area contributed by atoms with E-state index in [0.717, 1.165) is 25.3 Å². The van der Waals surface area contributed by atoms with Crippen LogP contribution in [0.25, 0.3) is 0 Å². The Hall–Kier alpha value is -0.370. The highest BCUT2D eigenvalue weighted by atomic mass is 16.1. The maximum Gasteiger partial charge on any atom is 0.152 e. The van der Waals surface area contributed by atoms with Crippen LogP contribution in [0.15, 0.2) is 0 Å². The topological polar surface area (TPSA) is 29.1 Å². The Morgan fingerprint density at radius 3 is 2.69 bits per heavy atom. The van der Waals surface area contributed by atoms with E-state index < -0.39 is 0 Å². The molecule has 0 amide bonds. The molecule has 0 aromatic carbocycles. The zero-order chi connectivity index (χ0) is 9.84. The summed E-state index contributed by atoms with van der Waals surface area (Å²) < 4.78 is 0. The predicted octanol–water partition coefficient (Wildman–Crippen LogP) is 1.99. The van der Waals surface area contributed by atoms with Crippen molar-refractivity contribution in [2.45, 2.75) is 46.1 Å². The molecule has 1 aliphatic heterocycles. The lowest BCUT2D eigenvalue weighted by Gasteiger charge is -2.13. The van der Waals surface area contributed by atoms with Crippen molar-refractivity contribution in [3.63, 3.8) is 0 Å². The molecule has 0 saturated carbocycles. The first kappa shape index (κ1) is 10.7. The maximum absolute atomic E-state index is 11.8. The van der Waals surface area contributed by atoms with E-state index in [0.29, 0.717) is 5.78 Å². The zero-order valence-electron chi connectivity index (χ0n) is 8.97. The van der Waals surface area contributed by atoms with Gasteiger partial charge in [-0.3, -0.25) is 4.79 Å². The number of hydrogen-bond acceptors (Lipinski definition) is 2. The summed E-state index contributed by atoms with van der Waals surface area (Å²) in [4.78, 5) is 11.8. The zero-order valence-corrected chi connectivity index (χ0v) is 8.97. The van der Waals surface area contributed by atoms with Gasteiger partial charge in [0, 0.05) is 5.92 Å². The molecule has 0 aromatic rings. The summed E-state index contributed by atoms with van der Waals surface area (Å²) in [7, 11) is 0. The smallest absolute Gasteiger partial charge is 0.152 e. The summed E-state index contributed by atoms with van der Waals surface area (Å²) in [6, 6.07) is 0.153. The lowest BCUT2D eigenvalue weighted by Crippen LogP contribution is -2.34. The lowest BCUT2D eigenvalue weighted by molar-refractivity contribution is -0.124. The van der Waals surface area contributed by atoms with E-state index in [1.54, 1.807) is 0 Å². The lowest BCUT2D eigenvalue weighted by atomic mass is 9.93. The number of ketones is 1. The molecular weight excluding hydrogens is 162 g/mol. The Labute approximate surface area is 81.1 Å². The number of hydrogen-bond donors (Lipinski definition) is 1. The SMILES string of the molecule is CCC1CNC(C(=O)C(C)CC)C1. The summed E-state index contributed by atoms with van der Waals surface area (Å²) in [5.41, 5.74) is 0. The van der Waals surface area contributed by atoms with E-state index in [2.05, 4.69) is 19.2 Å². The van der Waals surface area contributed by atoms with Gasteiger partial charge in [0.15, 0.2) is 5.78 Å². The Bertz CT molecular complexity index is 179. The fourth-order valence-electron chi connectivity index (χ4n) is 1.88. The van der Waals surface area contributed by atoms with Crippen LogP contribution in [-0.2, 0) is 4.79 Å². The van der Waals surface area contributed by atoms with Gasteiger partial charge in [0.2, 0.25) is 0 Å². The normalized spacial score (nSPS) is 30.4. The van der Waals surface area contributed by atoms with Crippen molar-refractivity contribution >= 4 is 5.78 Å². The Balaban J connectivity index is 2.41. The van der Waals surface area contributed by atoms with E-state index in [-0.39, 0.29) is 12.0 Å². The quantitative estimate of drug-likeness (QED) is 0.722. The number of nitrogens with one attached hydrogen (secondary N) is 1. The fraction of sp³-hybridized carbons (Fsp3) is 0.909. The van der Waals surface area contributed by atoms with Crippen molar-refractivity contribution in [3.05, 3.63) is 0 Å². The predicted molar refractivity (Wildman–Crippen MR) is 54.7 cm³/mol. The summed E-state index contributed by atoms with van der Waals surface area (Å²) in [5.74, 6) is 1.37. The van der Waals surface area contributed by atoms with Crippen molar-refractivity contribution < 1.29 is 4.79 Å². The van der Waals surface area contributed by atoms with Crippen molar-refractivity contribution in [1.29, 1.82) is 0 Å². The number of Topliss-reactive ketones (excluding diaryl/α,β-unsaturated/α-hetero) is 1. The summed E-state index contributed by atoms with van der Waals surface area (Å²) in [6.45, 7) is 7.34. The van der Waals surface area contributed by atoms with E-state index in [9.17, 15) is 4.79 Å². The van der Waals surface area contributed by atoms with Gasteiger partial charge in [0.1, 0.15) is 0 Å². The van der Waals surface area contributed by atoms with Gasteiger partial charge in [-0.1, -0.05) is 27.2 Å². The minimum atomic E-state index is 0.153. The molecule has 0 aliphatic carbocycles. The van der Waals surface area contributed by atoms with Crippen molar-refractivity contribution in [2.75, 3.05) is 6.54 Å². The number of rotatable bonds is 4. The first-order valence-electron chi connectivity index (χ1n) is 5.46. The first-order chi connectivity index (χ1) is 6.19. The van der Waals surface area contributed by atoms with Gasteiger partial charge >= 0.3 is 0 Å². The monoisotopic (exact) mass is 183 g/mol. The van der Waals surface area contributed by atoms with Gasteiger partial charge in [0.25, 0.3) is 0 Å². The molecule has 0 bridgehead atoms. The van der Waals surface area contributed by atoms with Gasteiger partial charge in [-0.2, -0.15) is 0 Å². The second-order valence-electron chi connectivity index (χ2n) is 4.18. The molecule has 3 unspecified atom stereocenters. The van der Waals surface area contributed by atoms with Crippen LogP contribution in [0.5, 0.6) is 0 Å². The van der Waals surface area contributed by atoms with Gasteiger partial charge in [-0.05, 0) is 25.3 Å². The van der Waals surface area contributed by atoms with Crippen LogP contribution >= 0.6 is 0 Å². The molecule has 1 N–H and O–H groups in total. The average Bonchev–Trinajstić information content (AvgIpc) is 2.63. The van der Waals surface area contributed by atoms with Crippen LogP contribution in [0.1, 0.15) is 40.0 Å². The number of carbonyl (C=O) groups is 1. The average molecular weight is 183 g/mol. The number of carbonyl (C=O) groups excluding carboxylic acids is 1. The second kappa shape index (κ2) is 4.75. The molecule has 1 heterocycles. The first-order valence-corrected chi connectivity index (χ1v) is 5.46. The molecule has 2 heteroatoms. The Morgan fingerprint density at radius 2 is 2.23 bits per heavy atom. The highest BCUT2D eigenvalue weighted by Gasteiger charge is 2.29. The summed E-state index contributed by atoms with van der Waals surface area (Å²) >= 11 is 0. The van der Waals surface area contributed by atoms with Gasteiger partial charge in [-0.25, -0.2) is 0 Å². The van der Waals surface area contributed by atoms with Crippen LogP contribution in [0.3, 0.4) is 0 Å². The second-order valence-corrected chi connectivity index (χ2v) is 4.18. The van der Waals surface area contributed by atoms with Crippen LogP contribution in [-0.4, -0.2) is 18.4 Å². The highest BCUT2D eigenvalue weighted by molar-refractivity contribution is 5.86. The Morgan fingerprint density at radius 1 is 1.54 bits per heavy atom. The fourth-order valence-corrected chi connectivity index (χ4v) is 1.88. The molecule has 1 saturated heterocycles. The van der Waals surface area contributed by atoms with E-state index in [1.165, 1.54) is 6.42 Å². The third kappa shape index (κ3) is 2.53. The standard InChI is InChI=1S/C11H21NO/c1-4-8(3)11(13)10-6-9(5-2)7-12-10/h8-10,12H,4-7H2,1-3H3. The van der Waals surface area contributed by atoms with Crippen LogP contribution in [0.2, 0.25) is 0 Å². The van der Waals surface area contributed by atoms with E-state index in [4.69, 9.17) is 0 Å². The van der Waals surface area contributed by atoms with Gasteiger partial charge in [0.05, 0.1) is 6.04 Å². The molecule has 76 valence electrons. The minimum absolute atomic E-state index is 0.153. The molecule has 1 rings (SSSR count). The molecule has 0 aromatic heterocycles. The minimum Gasteiger partial charge on any atom is -0.307 e. The highest BCUT2D eigenvalue weighted by Crippen LogP contribution is 2.20. The molecule has 1 aliphatic rings. The maximum atomic E-state index is 11.8. The van der Waals surface area contributed by atoms with Crippen molar-refractivity contribution in [2.24, 2.45) is 11.8 Å². The van der Waals surface area contributed by atoms with Crippen molar-refractivity contribution in [1.82, 2.24) is 5.32 Å². The third-order valence-corrected chi connectivity index (χ3v) is 3.24. The molecule has 0 radical (unpaired) electrons. The summed E-state index contributed by atoms with van der Waals surface area (Å²) in [6.07, 6.45) is 3.21. The molecule has 3 atom stereocenters. The largest absolute Gasteiger partial charge is 0.307 e. The van der Waals surface area contributed by atoms with Crippen LogP contribution in [0, 0.1) is 11.8 Å².